The molecule has 3 rings (SSSR count). The van der Waals surface area contributed by atoms with Crippen LogP contribution in [-0.4, -0.2) is 32.9 Å². The minimum Gasteiger partial charge on any atom is -0.435 e. The van der Waals surface area contributed by atoms with E-state index in [9.17, 15) is 13.6 Å². The normalized spacial score (nSPS) is 12.0. The Morgan fingerprint density at radius 1 is 1.15 bits per heavy atom. The number of hydrogen-bond acceptors (Lipinski definition) is 7. The Labute approximate surface area is 157 Å². The fourth-order valence-corrected chi connectivity index (χ4v) is 2.72. The third-order valence-electron chi connectivity index (χ3n) is 3.33. The summed E-state index contributed by atoms with van der Waals surface area (Å²) >= 11 is 1.11. The fraction of sp³-hybridized carbons (Fsp3) is 0.176. The summed E-state index contributed by atoms with van der Waals surface area (Å²) in [4.78, 5) is 16.2. The molecule has 1 unspecified atom stereocenters. The van der Waals surface area contributed by atoms with Crippen LogP contribution < -0.4 is 10.1 Å². The largest absolute Gasteiger partial charge is 0.435 e. The number of ether oxygens (including phenoxy) is 1. The third-order valence-corrected chi connectivity index (χ3v) is 4.26. The smallest absolute Gasteiger partial charge is 0.387 e. The molecule has 3 aromatic rings. The van der Waals surface area contributed by atoms with Crippen molar-refractivity contribution in [3.8, 4) is 17.2 Å². The number of nitrogens with one attached hydrogen (secondary N) is 1. The van der Waals surface area contributed by atoms with Crippen LogP contribution in [0.25, 0.3) is 11.5 Å². The van der Waals surface area contributed by atoms with Crippen molar-refractivity contribution >= 4 is 23.4 Å². The summed E-state index contributed by atoms with van der Waals surface area (Å²) in [7, 11) is 0. The zero-order chi connectivity index (χ0) is 19.2. The molecule has 27 heavy (non-hydrogen) atoms. The van der Waals surface area contributed by atoms with Gasteiger partial charge in [-0.15, -0.1) is 10.2 Å². The molecule has 2 aromatic heterocycles. The molecule has 0 radical (unpaired) electrons. The molecule has 0 aliphatic rings. The van der Waals surface area contributed by atoms with Gasteiger partial charge in [-0.1, -0.05) is 11.8 Å². The van der Waals surface area contributed by atoms with E-state index in [1.54, 1.807) is 31.5 Å². The highest BCUT2D eigenvalue weighted by Gasteiger charge is 2.19. The lowest BCUT2D eigenvalue weighted by molar-refractivity contribution is -0.115. The predicted molar refractivity (Wildman–Crippen MR) is 94.6 cm³/mol. The summed E-state index contributed by atoms with van der Waals surface area (Å²) < 4.78 is 34.1. The molecular weight excluding hydrogens is 378 g/mol. The summed E-state index contributed by atoms with van der Waals surface area (Å²) in [5.41, 5.74) is 1.18. The van der Waals surface area contributed by atoms with Crippen molar-refractivity contribution in [2.75, 3.05) is 5.32 Å². The van der Waals surface area contributed by atoms with Crippen LogP contribution in [0.2, 0.25) is 0 Å². The molecule has 0 aliphatic carbocycles. The first-order chi connectivity index (χ1) is 13.0. The van der Waals surface area contributed by atoms with Crippen molar-refractivity contribution in [1.29, 1.82) is 0 Å². The molecule has 2 heterocycles. The van der Waals surface area contributed by atoms with Crippen LogP contribution in [-0.2, 0) is 4.79 Å². The Morgan fingerprint density at radius 2 is 1.85 bits per heavy atom. The van der Waals surface area contributed by atoms with Crippen LogP contribution in [0, 0.1) is 0 Å². The van der Waals surface area contributed by atoms with E-state index in [4.69, 9.17) is 4.42 Å². The number of pyridine rings is 1. The van der Waals surface area contributed by atoms with Crippen LogP contribution in [0.5, 0.6) is 5.75 Å². The van der Waals surface area contributed by atoms with Crippen LogP contribution >= 0.6 is 11.8 Å². The van der Waals surface area contributed by atoms with Gasteiger partial charge < -0.3 is 14.5 Å². The number of benzene rings is 1. The molecule has 0 bridgehead atoms. The quantitative estimate of drug-likeness (QED) is 0.611. The molecule has 10 heteroatoms. The molecule has 1 amide bonds. The van der Waals surface area contributed by atoms with Crippen LogP contribution in [0.1, 0.15) is 6.92 Å². The van der Waals surface area contributed by atoms with Crippen molar-refractivity contribution in [1.82, 2.24) is 15.2 Å². The van der Waals surface area contributed by atoms with E-state index in [1.807, 2.05) is 0 Å². The number of rotatable bonds is 7. The lowest BCUT2D eigenvalue weighted by atomic mass is 10.3. The zero-order valence-electron chi connectivity index (χ0n) is 14.0. The van der Waals surface area contributed by atoms with Gasteiger partial charge in [0.15, 0.2) is 0 Å². The summed E-state index contributed by atoms with van der Waals surface area (Å²) in [5.74, 6) is 0.0493. The van der Waals surface area contributed by atoms with Crippen LogP contribution in [0.3, 0.4) is 0 Å². The number of anilines is 1. The maximum Gasteiger partial charge on any atom is 0.387 e. The standard InChI is InChI=1S/C17H14F2N4O3S/c1-10(14(24)21-12-2-4-13(5-3-12)25-16(18)19)27-17-23-22-15(26-17)11-6-8-20-9-7-11/h2-10,16H,1H3,(H,21,24). The second-order valence-electron chi connectivity index (χ2n) is 5.26. The van der Waals surface area contributed by atoms with Gasteiger partial charge in [-0.3, -0.25) is 9.78 Å². The maximum absolute atomic E-state index is 12.3. The van der Waals surface area contributed by atoms with Crippen LogP contribution in [0.4, 0.5) is 14.5 Å². The number of amides is 1. The third kappa shape index (κ3) is 5.23. The Kier molecular flexibility index (Phi) is 5.97. The van der Waals surface area contributed by atoms with Gasteiger partial charge in [0.2, 0.25) is 11.8 Å². The Hall–Kier alpha value is -3.01. The molecule has 1 aromatic carbocycles. The number of nitrogens with zero attached hydrogens (tertiary/aromatic N) is 3. The number of thioether (sulfide) groups is 1. The van der Waals surface area contributed by atoms with Gasteiger partial charge in [0.25, 0.3) is 5.22 Å². The van der Waals surface area contributed by atoms with E-state index in [1.165, 1.54) is 24.3 Å². The van der Waals surface area contributed by atoms with Crippen molar-refractivity contribution in [2.24, 2.45) is 0 Å². The Bertz CT molecular complexity index is 891. The average Bonchev–Trinajstić information content (AvgIpc) is 3.12. The van der Waals surface area contributed by atoms with Gasteiger partial charge in [-0.05, 0) is 43.3 Å². The van der Waals surface area contributed by atoms with Gasteiger partial charge in [0.05, 0.1) is 5.25 Å². The fourth-order valence-electron chi connectivity index (χ4n) is 2.04. The highest BCUT2D eigenvalue weighted by Crippen LogP contribution is 2.26. The predicted octanol–water partition coefficient (Wildman–Crippen LogP) is 3.85. The summed E-state index contributed by atoms with van der Waals surface area (Å²) in [6, 6.07) is 9.11. The minimum absolute atomic E-state index is 0.0138. The number of hydrogen-bond donors (Lipinski definition) is 1. The van der Waals surface area contributed by atoms with Crippen molar-refractivity contribution in [2.45, 2.75) is 24.0 Å². The molecule has 1 atom stereocenters. The van der Waals surface area contributed by atoms with Gasteiger partial charge in [0.1, 0.15) is 5.75 Å². The number of halogens is 2. The van der Waals surface area contributed by atoms with E-state index in [0.29, 0.717) is 11.6 Å². The second-order valence-corrected chi connectivity index (χ2v) is 6.55. The first kappa shape index (κ1) is 18.8. The monoisotopic (exact) mass is 392 g/mol. The highest BCUT2D eigenvalue weighted by atomic mass is 32.2. The van der Waals surface area contributed by atoms with Crippen molar-refractivity contribution < 1.29 is 22.7 Å². The highest BCUT2D eigenvalue weighted by molar-refractivity contribution is 8.00. The van der Waals surface area contributed by atoms with Crippen molar-refractivity contribution in [3.05, 3.63) is 48.8 Å². The molecule has 0 saturated heterocycles. The van der Waals surface area contributed by atoms with Crippen molar-refractivity contribution in [3.63, 3.8) is 0 Å². The maximum atomic E-state index is 12.3. The molecule has 0 spiro atoms. The van der Waals surface area contributed by atoms with Gasteiger partial charge in [0, 0.05) is 23.6 Å². The van der Waals surface area contributed by atoms with E-state index >= 15 is 0 Å². The number of aromatic nitrogens is 3. The zero-order valence-corrected chi connectivity index (χ0v) is 14.8. The Morgan fingerprint density at radius 3 is 2.52 bits per heavy atom. The molecule has 1 N–H and O–H groups in total. The molecule has 140 valence electrons. The molecule has 7 nitrogen and oxygen atoms in total. The molecule has 0 fully saturated rings. The van der Waals surface area contributed by atoms with E-state index in [0.717, 1.165) is 17.3 Å². The van der Waals surface area contributed by atoms with E-state index in [-0.39, 0.29) is 16.9 Å². The number of carbonyl (C=O) groups excluding carboxylic acids is 1. The summed E-state index contributed by atoms with van der Waals surface area (Å²) in [6.45, 7) is -1.21. The summed E-state index contributed by atoms with van der Waals surface area (Å²) in [6.07, 6.45) is 3.22. The lowest BCUT2D eigenvalue weighted by Crippen LogP contribution is -2.22. The van der Waals surface area contributed by atoms with Gasteiger partial charge >= 0.3 is 6.61 Å². The first-order valence-corrected chi connectivity index (χ1v) is 8.65. The molecule has 0 aliphatic heterocycles. The van der Waals surface area contributed by atoms with Crippen LogP contribution in [0.15, 0.2) is 58.4 Å². The Balaban J connectivity index is 1.57. The second kappa shape index (κ2) is 8.58. The average molecular weight is 392 g/mol. The SMILES string of the molecule is CC(Sc1nnc(-c2ccncc2)o1)C(=O)Nc1ccc(OC(F)F)cc1. The van der Waals surface area contributed by atoms with Gasteiger partial charge in [-0.25, -0.2) is 0 Å². The first-order valence-electron chi connectivity index (χ1n) is 7.77. The lowest BCUT2D eigenvalue weighted by Gasteiger charge is -2.10. The van der Waals surface area contributed by atoms with E-state index < -0.39 is 11.9 Å². The van der Waals surface area contributed by atoms with E-state index in [2.05, 4.69) is 25.2 Å². The topological polar surface area (TPSA) is 90.1 Å². The molecular formula is C17H14F2N4O3S. The number of carbonyl (C=O) groups is 1. The summed E-state index contributed by atoms with van der Waals surface area (Å²) in [5, 5.41) is 10.3. The minimum atomic E-state index is -2.90. The number of alkyl halides is 2. The molecule has 0 saturated carbocycles. The van der Waals surface area contributed by atoms with Gasteiger partial charge in [-0.2, -0.15) is 8.78 Å².